The van der Waals surface area contributed by atoms with Gasteiger partial charge in [0.25, 0.3) is 10.0 Å². The number of imidazole rings is 1. The Morgan fingerprint density at radius 3 is 2.37 bits per heavy atom. The molecule has 0 aliphatic carbocycles. The summed E-state index contributed by atoms with van der Waals surface area (Å²) in [5.74, 6) is 1.01. The molecule has 0 atom stereocenters. The summed E-state index contributed by atoms with van der Waals surface area (Å²) >= 11 is 0. The fourth-order valence-corrected chi connectivity index (χ4v) is 4.78. The lowest BCUT2D eigenvalue weighted by atomic mass is 10.1. The zero-order valence-corrected chi connectivity index (χ0v) is 18.0. The fourth-order valence-electron chi connectivity index (χ4n) is 3.67. The first-order chi connectivity index (χ1) is 14.5. The second kappa shape index (κ2) is 8.32. The molecule has 4 aromatic rings. The Morgan fingerprint density at radius 1 is 0.900 bits per heavy atom. The largest absolute Gasteiger partial charge is 0.328 e. The normalized spacial score (nSPS) is 11.7. The van der Waals surface area contributed by atoms with E-state index in [2.05, 4.69) is 22.3 Å². The number of aromatic nitrogens is 2. The van der Waals surface area contributed by atoms with Gasteiger partial charge in [-0.15, -0.1) is 0 Å². The van der Waals surface area contributed by atoms with Crippen molar-refractivity contribution in [1.29, 1.82) is 0 Å². The Bertz CT molecular complexity index is 1280. The van der Waals surface area contributed by atoms with Gasteiger partial charge in [-0.05, 0) is 56.2 Å². The highest BCUT2D eigenvalue weighted by Gasteiger charge is 2.16. The van der Waals surface area contributed by atoms with Crippen molar-refractivity contribution in [2.75, 3.05) is 4.72 Å². The summed E-state index contributed by atoms with van der Waals surface area (Å²) in [4.78, 5) is 5.04. The van der Waals surface area contributed by atoms with Gasteiger partial charge >= 0.3 is 0 Å². The molecule has 0 bridgehead atoms. The first kappa shape index (κ1) is 20.2. The van der Waals surface area contributed by atoms with Crippen LogP contribution in [0.4, 0.5) is 5.69 Å². The van der Waals surface area contributed by atoms with E-state index in [0.29, 0.717) is 12.1 Å². The highest BCUT2D eigenvalue weighted by Crippen LogP contribution is 2.23. The molecule has 6 heteroatoms. The Kier molecular flexibility index (Phi) is 5.59. The van der Waals surface area contributed by atoms with Gasteiger partial charge in [-0.2, -0.15) is 0 Å². The molecule has 4 rings (SSSR count). The van der Waals surface area contributed by atoms with E-state index in [4.69, 9.17) is 4.98 Å². The third kappa shape index (κ3) is 4.09. The van der Waals surface area contributed by atoms with Crippen molar-refractivity contribution in [3.05, 3.63) is 89.7 Å². The number of sulfonamides is 1. The summed E-state index contributed by atoms with van der Waals surface area (Å²) in [6.07, 6.45) is 1.42. The lowest BCUT2D eigenvalue weighted by molar-refractivity contribution is 0.601. The molecule has 1 aromatic heterocycles. The zero-order chi connectivity index (χ0) is 21.1. The molecule has 30 heavy (non-hydrogen) atoms. The summed E-state index contributed by atoms with van der Waals surface area (Å²) in [5, 5.41) is 0. The zero-order valence-electron chi connectivity index (χ0n) is 17.2. The van der Waals surface area contributed by atoms with Crippen molar-refractivity contribution in [3.63, 3.8) is 0 Å². The number of hydrogen-bond acceptors (Lipinski definition) is 3. The van der Waals surface area contributed by atoms with Crippen LogP contribution in [-0.2, 0) is 29.4 Å². The van der Waals surface area contributed by atoms with Crippen LogP contribution in [0.15, 0.2) is 77.7 Å². The van der Waals surface area contributed by atoms with Gasteiger partial charge in [0.2, 0.25) is 0 Å². The molecule has 0 aliphatic heterocycles. The van der Waals surface area contributed by atoms with Crippen LogP contribution in [0.2, 0.25) is 0 Å². The maximum Gasteiger partial charge on any atom is 0.261 e. The molecule has 0 saturated carbocycles. The lowest BCUT2D eigenvalue weighted by Crippen LogP contribution is -2.14. The van der Waals surface area contributed by atoms with Crippen molar-refractivity contribution in [2.24, 2.45) is 0 Å². The van der Waals surface area contributed by atoms with E-state index in [1.165, 1.54) is 0 Å². The molecule has 1 N–H and O–H groups in total. The Labute approximate surface area is 177 Å². The number of aryl methyl sites for hydroxylation is 4. The molecule has 0 unspecified atom stereocenters. The number of rotatable bonds is 7. The van der Waals surface area contributed by atoms with Gasteiger partial charge in [0.1, 0.15) is 5.82 Å². The number of nitrogens with zero attached hydrogens (tertiary/aromatic N) is 2. The van der Waals surface area contributed by atoms with Crippen molar-refractivity contribution in [1.82, 2.24) is 9.55 Å². The second-order valence-electron chi connectivity index (χ2n) is 7.34. The van der Waals surface area contributed by atoms with E-state index in [9.17, 15) is 8.42 Å². The van der Waals surface area contributed by atoms with Gasteiger partial charge in [-0.25, -0.2) is 13.4 Å². The van der Waals surface area contributed by atoms with Gasteiger partial charge in [0.15, 0.2) is 0 Å². The Morgan fingerprint density at radius 2 is 1.60 bits per heavy atom. The summed E-state index contributed by atoms with van der Waals surface area (Å²) in [5.41, 5.74) is 4.69. The topological polar surface area (TPSA) is 64.0 Å². The smallest absolute Gasteiger partial charge is 0.261 e. The van der Waals surface area contributed by atoms with Crippen molar-refractivity contribution in [2.45, 2.75) is 38.1 Å². The molecule has 0 fully saturated rings. The monoisotopic (exact) mass is 419 g/mol. The minimum Gasteiger partial charge on any atom is -0.328 e. The first-order valence-electron chi connectivity index (χ1n) is 10.1. The summed E-state index contributed by atoms with van der Waals surface area (Å²) < 4.78 is 30.6. The molecular formula is C24H25N3O2S. The molecule has 0 aliphatic rings. The van der Waals surface area contributed by atoms with Crippen LogP contribution in [0.25, 0.3) is 11.0 Å². The van der Waals surface area contributed by atoms with Crippen molar-refractivity contribution < 1.29 is 8.42 Å². The van der Waals surface area contributed by atoms with Gasteiger partial charge < -0.3 is 4.57 Å². The number of benzene rings is 3. The van der Waals surface area contributed by atoms with Crippen LogP contribution >= 0.6 is 0 Å². The number of hydrogen-bond donors (Lipinski definition) is 1. The van der Waals surface area contributed by atoms with Crippen LogP contribution in [0, 0.1) is 6.92 Å². The van der Waals surface area contributed by atoms with E-state index >= 15 is 0 Å². The average Bonchev–Trinajstić information content (AvgIpc) is 3.10. The van der Waals surface area contributed by atoms with Crippen LogP contribution in [0.5, 0.6) is 0 Å². The highest BCUT2D eigenvalue weighted by molar-refractivity contribution is 7.92. The van der Waals surface area contributed by atoms with Crippen LogP contribution in [0.1, 0.15) is 23.9 Å². The number of para-hydroxylation sites is 3. The van der Waals surface area contributed by atoms with Crippen LogP contribution < -0.4 is 4.72 Å². The summed E-state index contributed by atoms with van der Waals surface area (Å²) in [6, 6.07) is 22.5. The minimum absolute atomic E-state index is 0.260. The molecule has 5 nitrogen and oxygen atoms in total. The predicted molar refractivity (Wildman–Crippen MR) is 121 cm³/mol. The Hall–Kier alpha value is -3.12. The SMILES string of the molecule is CCn1c(CCc2ccccc2NS(=O)(=O)c2ccc(C)cc2)nc2ccccc21. The van der Waals surface area contributed by atoms with Gasteiger partial charge in [0, 0.05) is 13.0 Å². The molecule has 0 saturated heterocycles. The molecule has 0 amide bonds. The molecule has 1 heterocycles. The number of anilines is 1. The minimum atomic E-state index is -3.64. The van der Waals surface area contributed by atoms with Crippen LogP contribution in [0.3, 0.4) is 0 Å². The quantitative estimate of drug-likeness (QED) is 0.461. The summed E-state index contributed by atoms with van der Waals surface area (Å²) in [6.45, 7) is 4.89. The standard InChI is InChI=1S/C24H25N3O2S/c1-3-27-23-11-7-6-10-22(23)25-24(27)17-14-19-8-4-5-9-21(19)26-30(28,29)20-15-12-18(2)13-16-20/h4-13,15-16,26H,3,14,17H2,1-2H3. The first-order valence-corrected chi connectivity index (χ1v) is 11.6. The third-order valence-corrected chi connectivity index (χ3v) is 6.64. The maximum absolute atomic E-state index is 12.8. The molecule has 154 valence electrons. The van der Waals surface area contributed by atoms with E-state index < -0.39 is 10.0 Å². The fraction of sp³-hybridized carbons (Fsp3) is 0.208. The van der Waals surface area contributed by atoms with Crippen LogP contribution in [-0.4, -0.2) is 18.0 Å². The van der Waals surface area contributed by atoms with E-state index in [0.717, 1.165) is 41.0 Å². The second-order valence-corrected chi connectivity index (χ2v) is 9.02. The number of fused-ring (bicyclic) bond motifs is 1. The van der Waals surface area contributed by atoms with E-state index in [-0.39, 0.29) is 4.90 Å². The number of nitrogens with one attached hydrogen (secondary N) is 1. The van der Waals surface area contributed by atoms with Crippen molar-refractivity contribution in [3.8, 4) is 0 Å². The van der Waals surface area contributed by atoms with Gasteiger partial charge in [0.05, 0.1) is 21.6 Å². The third-order valence-electron chi connectivity index (χ3n) is 5.26. The molecular weight excluding hydrogens is 394 g/mol. The Balaban J connectivity index is 1.58. The van der Waals surface area contributed by atoms with Crippen molar-refractivity contribution >= 4 is 26.7 Å². The lowest BCUT2D eigenvalue weighted by Gasteiger charge is -2.13. The molecule has 3 aromatic carbocycles. The predicted octanol–water partition coefficient (Wildman–Crippen LogP) is 4.95. The highest BCUT2D eigenvalue weighted by atomic mass is 32.2. The van der Waals surface area contributed by atoms with Gasteiger partial charge in [-0.3, -0.25) is 4.72 Å². The van der Waals surface area contributed by atoms with E-state index in [1.807, 2.05) is 49.4 Å². The van der Waals surface area contributed by atoms with E-state index in [1.54, 1.807) is 24.3 Å². The maximum atomic E-state index is 12.8. The molecule has 0 spiro atoms. The average molecular weight is 420 g/mol. The molecule has 0 radical (unpaired) electrons. The van der Waals surface area contributed by atoms with Gasteiger partial charge in [-0.1, -0.05) is 48.0 Å². The summed E-state index contributed by atoms with van der Waals surface area (Å²) in [7, 11) is -3.64.